The zero-order valence-corrected chi connectivity index (χ0v) is 21.0. The lowest BCUT2D eigenvalue weighted by atomic mass is 10.0. The van der Waals surface area contributed by atoms with Crippen LogP contribution < -0.4 is 5.32 Å². The predicted octanol–water partition coefficient (Wildman–Crippen LogP) is 6.57. The van der Waals surface area contributed by atoms with E-state index in [-0.39, 0.29) is 6.61 Å². The Morgan fingerprint density at radius 1 is 0.806 bits per heavy atom. The van der Waals surface area contributed by atoms with Crippen molar-refractivity contribution in [2.45, 2.75) is 91.9 Å². The molecule has 3 nitrogen and oxygen atoms in total. The lowest BCUT2D eigenvalue weighted by molar-refractivity contribution is 0.226. The zero-order chi connectivity index (χ0) is 22.7. The molecule has 0 radical (unpaired) electrons. The molecule has 0 aromatic rings. The summed E-state index contributed by atoms with van der Waals surface area (Å²) in [6.45, 7) is 14.8. The number of piperidine rings is 1. The molecule has 0 aliphatic carbocycles. The average molecular weight is 431 g/mol. The molecule has 1 aliphatic rings. The number of hydrogen-bond donors (Lipinski definition) is 2. The molecule has 0 saturated carbocycles. The SMILES string of the molecule is CC(C)=CCC/C(C)=C/CC/C(=C\CC/C(C)=C/CO)CNCCCN1CCCCC1. The molecule has 2 N–H and O–H groups in total. The fourth-order valence-corrected chi connectivity index (χ4v) is 4.08. The summed E-state index contributed by atoms with van der Waals surface area (Å²) in [6, 6.07) is 0. The number of hydrogen-bond acceptors (Lipinski definition) is 3. The van der Waals surface area contributed by atoms with Gasteiger partial charge in [0.1, 0.15) is 0 Å². The normalized spacial score (nSPS) is 16.6. The molecule has 1 aliphatic heterocycles. The van der Waals surface area contributed by atoms with Crippen LogP contribution >= 0.6 is 0 Å². The van der Waals surface area contributed by atoms with Gasteiger partial charge in [0.2, 0.25) is 0 Å². The molecule has 0 atom stereocenters. The van der Waals surface area contributed by atoms with Gasteiger partial charge < -0.3 is 15.3 Å². The van der Waals surface area contributed by atoms with Gasteiger partial charge in [0.15, 0.2) is 0 Å². The summed E-state index contributed by atoms with van der Waals surface area (Å²) in [4.78, 5) is 2.63. The summed E-state index contributed by atoms with van der Waals surface area (Å²) in [5.74, 6) is 0. The lowest BCUT2D eigenvalue weighted by Crippen LogP contribution is -2.32. The highest BCUT2D eigenvalue weighted by molar-refractivity contribution is 5.10. The van der Waals surface area contributed by atoms with Crippen molar-refractivity contribution in [1.29, 1.82) is 0 Å². The smallest absolute Gasteiger partial charge is 0.0614 e. The van der Waals surface area contributed by atoms with Crippen LogP contribution in [0.25, 0.3) is 0 Å². The van der Waals surface area contributed by atoms with Crippen LogP contribution in [0.15, 0.2) is 46.6 Å². The number of nitrogens with one attached hydrogen (secondary N) is 1. The summed E-state index contributed by atoms with van der Waals surface area (Å²) in [6.07, 6.45) is 21.2. The number of allylic oxidation sites excluding steroid dienone is 6. The van der Waals surface area contributed by atoms with E-state index in [0.717, 1.165) is 45.2 Å². The molecule has 0 aromatic heterocycles. The Morgan fingerprint density at radius 2 is 1.45 bits per heavy atom. The summed E-state index contributed by atoms with van der Waals surface area (Å²) in [5.41, 5.74) is 5.73. The third-order valence-corrected chi connectivity index (χ3v) is 6.09. The summed E-state index contributed by atoms with van der Waals surface area (Å²) >= 11 is 0. The Kier molecular flexibility index (Phi) is 16.6. The minimum absolute atomic E-state index is 0.151. The van der Waals surface area contributed by atoms with Gasteiger partial charge >= 0.3 is 0 Å². The Balaban J connectivity index is 2.40. The summed E-state index contributed by atoms with van der Waals surface area (Å²) in [5, 5.41) is 12.7. The Labute approximate surface area is 193 Å². The first-order valence-corrected chi connectivity index (χ1v) is 12.7. The first kappa shape index (κ1) is 27.9. The van der Waals surface area contributed by atoms with Crippen LogP contribution in [0.1, 0.15) is 91.9 Å². The molecule has 3 heteroatoms. The van der Waals surface area contributed by atoms with Gasteiger partial charge in [0, 0.05) is 6.54 Å². The standard InChI is InChI=1S/C28H50N2O/c1-25(2)12-8-13-26(3)14-9-16-28(17-10-15-27(4)18-23-31)24-29-19-11-22-30-20-6-5-7-21-30/h12,14,17-18,29,31H,5-11,13,15-16,19-24H2,1-4H3/b26-14+,27-18+,28-17+. The van der Waals surface area contributed by atoms with Crippen LogP contribution in [0, 0.1) is 0 Å². The topological polar surface area (TPSA) is 35.5 Å². The average Bonchev–Trinajstić information content (AvgIpc) is 2.73. The second-order valence-corrected chi connectivity index (χ2v) is 9.48. The van der Waals surface area contributed by atoms with Crippen LogP contribution in [0.3, 0.4) is 0 Å². The summed E-state index contributed by atoms with van der Waals surface area (Å²) < 4.78 is 0. The Morgan fingerprint density at radius 3 is 2.13 bits per heavy atom. The predicted molar refractivity (Wildman–Crippen MR) is 138 cm³/mol. The van der Waals surface area contributed by atoms with E-state index >= 15 is 0 Å². The molecular formula is C28H50N2O. The molecular weight excluding hydrogens is 380 g/mol. The number of aliphatic hydroxyl groups is 1. The highest BCUT2D eigenvalue weighted by atomic mass is 16.2. The molecule has 0 bridgehead atoms. The van der Waals surface area contributed by atoms with Gasteiger partial charge in [-0.1, -0.05) is 53.0 Å². The van der Waals surface area contributed by atoms with Gasteiger partial charge in [0.25, 0.3) is 0 Å². The number of rotatable bonds is 16. The monoisotopic (exact) mass is 430 g/mol. The van der Waals surface area contributed by atoms with Crippen LogP contribution in [-0.4, -0.2) is 49.3 Å². The van der Waals surface area contributed by atoms with Crippen LogP contribution in [0.2, 0.25) is 0 Å². The van der Waals surface area contributed by atoms with E-state index in [0.29, 0.717) is 0 Å². The van der Waals surface area contributed by atoms with Crippen molar-refractivity contribution in [3.8, 4) is 0 Å². The molecule has 1 heterocycles. The minimum Gasteiger partial charge on any atom is -0.392 e. The quantitative estimate of drug-likeness (QED) is 0.215. The van der Waals surface area contributed by atoms with E-state index < -0.39 is 0 Å². The van der Waals surface area contributed by atoms with E-state index in [1.807, 2.05) is 6.08 Å². The Bertz CT molecular complexity index is 576. The maximum absolute atomic E-state index is 9.05. The van der Waals surface area contributed by atoms with Crippen molar-refractivity contribution in [3.63, 3.8) is 0 Å². The third-order valence-electron chi connectivity index (χ3n) is 6.09. The second-order valence-electron chi connectivity index (χ2n) is 9.48. The fourth-order valence-electron chi connectivity index (χ4n) is 4.08. The molecule has 0 amide bonds. The molecule has 0 unspecified atom stereocenters. The molecule has 1 fully saturated rings. The van der Waals surface area contributed by atoms with Gasteiger partial charge in [0.05, 0.1) is 6.61 Å². The van der Waals surface area contributed by atoms with Crippen LogP contribution in [-0.2, 0) is 0 Å². The second kappa shape index (κ2) is 18.4. The van der Waals surface area contributed by atoms with E-state index in [9.17, 15) is 0 Å². The largest absolute Gasteiger partial charge is 0.392 e. The Hall–Kier alpha value is -1.16. The number of nitrogens with zero attached hydrogens (tertiary/aromatic N) is 1. The van der Waals surface area contributed by atoms with E-state index in [1.54, 1.807) is 0 Å². The molecule has 178 valence electrons. The van der Waals surface area contributed by atoms with Crippen LogP contribution in [0.4, 0.5) is 0 Å². The van der Waals surface area contributed by atoms with Crippen molar-refractivity contribution in [1.82, 2.24) is 10.2 Å². The van der Waals surface area contributed by atoms with Crippen molar-refractivity contribution >= 4 is 0 Å². The third kappa shape index (κ3) is 16.2. The minimum atomic E-state index is 0.151. The van der Waals surface area contributed by atoms with Crippen molar-refractivity contribution < 1.29 is 5.11 Å². The van der Waals surface area contributed by atoms with Gasteiger partial charge in [-0.3, -0.25) is 0 Å². The molecule has 0 aromatic carbocycles. The van der Waals surface area contributed by atoms with Gasteiger partial charge in [-0.05, 0) is 112 Å². The van der Waals surface area contributed by atoms with Crippen molar-refractivity contribution in [2.24, 2.45) is 0 Å². The van der Waals surface area contributed by atoms with Gasteiger partial charge in [-0.15, -0.1) is 0 Å². The molecule has 1 saturated heterocycles. The molecule has 1 rings (SSSR count). The zero-order valence-electron chi connectivity index (χ0n) is 21.0. The first-order chi connectivity index (χ1) is 15.0. The van der Waals surface area contributed by atoms with E-state index in [4.69, 9.17) is 5.11 Å². The maximum atomic E-state index is 9.05. The summed E-state index contributed by atoms with van der Waals surface area (Å²) in [7, 11) is 0. The lowest BCUT2D eigenvalue weighted by Gasteiger charge is -2.26. The highest BCUT2D eigenvalue weighted by Gasteiger charge is 2.08. The number of aliphatic hydroxyl groups excluding tert-OH is 1. The van der Waals surface area contributed by atoms with Crippen molar-refractivity contribution in [2.75, 3.05) is 39.3 Å². The van der Waals surface area contributed by atoms with E-state index in [2.05, 4.69) is 56.1 Å². The molecule has 31 heavy (non-hydrogen) atoms. The maximum Gasteiger partial charge on any atom is 0.0614 e. The van der Waals surface area contributed by atoms with E-state index in [1.165, 1.54) is 74.0 Å². The van der Waals surface area contributed by atoms with Gasteiger partial charge in [-0.2, -0.15) is 0 Å². The molecule has 0 spiro atoms. The fraction of sp³-hybridized carbons (Fsp3) is 0.714. The highest BCUT2D eigenvalue weighted by Crippen LogP contribution is 2.14. The van der Waals surface area contributed by atoms with Crippen molar-refractivity contribution in [3.05, 3.63) is 46.6 Å². The van der Waals surface area contributed by atoms with Crippen LogP contribution in [0.5, 0.6) is 0 Å². The number of likely N-dealkylation sites (tertiary alicyclic amines) is 1. The first-order valence-electron chi connectivity index (χ1n) is 12.7. The van der Waals surface area contributed by atoms with Gasteiger partial charge in [-0.25, -0.2) is 0 Å².